The van der Waals surface area contributed by atoms with Crippen LogP contribution in [0.15, 0.2) is 18.2 Å². The number of fused-ring (bicyclic) bond motifs is 1. The molecule has 2 aliphatic heterocycles. The zero-order chi connectivity index (χ0) is 12.9. The van der Waals surface area contributed by atoms with E-state index in [0.717, 1.165) is 31.1 Å². The summed E-state index contributed by atoms with van der Waals surface area (Å²) in [6.45, 7) is 6.94. The van der Waals surface area contributed by atoms with Crippen molar-refractivity contribution >= 4 is 0 Å². The summed E-state index contributed by atoms with van der Waals surface area (Å²) in [5.41, 5.74) is 1.26. The SMILES string of the molecule is c1cc2c(cc1CNCCN1CCCC1)OCCO2. The van der Waals surface area contributed by atoms with Gasteiger partial charge in [0.05, 0.1) is 0 Å². The van der Waals surface area contributed by atoms with Crippen molar-refractivity contribution in [3.05, 3.63) is 23.8 Å². The van der Waals surface area contributed by atoms with Crippen molar-refractivity contribution in [1.82, 2.24) is 10.2 Å². The predicted octanol–water partition coefficient (Wildman–Crippen LogP) is 1.64. The van der Waals surface area contributed by atoms with Crippen molar-refractivity contribution in [3.8, 4) is 11.5 Å². The molecule has 0 spiro atoms. The Labute approximate surface area is 114 Å². The van der Waals surface area contributed by atoms with Gasteiger partial charge in [0.15, 0.2) is 11.5 Å². The molecule has 4 nitrogen and oxygen atoms in total. The van der Waals surface area contributed by atoms with Gasteiger partial charge in [-0.2, -0.15) is 0 Å². The van der Waals surface area contributed by atoms with Crippen molar-refractivity contribution in [2.24, 2.45) is 0 Å². The Hall–Kier alpha value is -1.26. The van der Waals surface area contributed by atoms with E-state index >= 15 is 0 Å². The van der Waals surface area contributed by atoms with Gasteiger partial charge in [0.2, 0.25) is 0 Å². The highest BCUT2D eigenvalue weighted by atomic mass is 16.6. The average Bonchev–Trinajstić information content (AvgIpc) is 2.97. The van der Waals surface area contributed by atoms with Crippen LogP contribution in [0.3, 0.4) is 0 Å². The van der Waals surface area contributed by atoms with E-state index in [0.29, 0.717) is 13.2 Å². The lowest BCUT2D eigenvalue weighted by Gasteiger charge is -2.19. The zero-order valence-corrected chi connectivity index (χ0v) is 11.4. The van der Waals surface area contributed by atoms with Crippen LogP contribution in [-0.2, 0) is 6.54 Å². The molecule has 1 N–H and O–H groups in total. The Bertz CT molecular complexity index is 417. The minimum absolute atomic E-state index is 0.652. The Morgan fingerprint density at radius 1 is 1.05 bits per heavy atom. The number of ether oxygens (including phenoxy) is 2. The molecule has 0 aliphatic carbocycles. The summed E-state index contributed by atoms with van der Waals surface area (Å²) in [7, 11) is 0. The summed E-state index contributed by atoms with van der Waals surface area (Å²) in [6, 6.07) is 6.19. The molecule has 1 fully saturated rings. The minimum Gasteiger partial charge on any atom is -0.486 e. The van der Waals surface area contributed by atoms with Crippen molar-refractivity contribution in [2.75, 3.05) is 39.4 Å². The van der Waals surface area contributed by atoms with Crippen LogP contribution in [0.4, 0.5) is 0 Å². The first kappa shape index (κ1) is 12.8. The fourth-order valence-corrected chi connectivity index (χ4v) is 2.67. The van der Waals surface area contributed by atoms with Crippen molar-refractivity contribution in [2.45, 2.75) is 19.4 Å². The van der Waals surface area contributed by atoms with Gasteiger partial charge in [-0.15, -0.1) is 0 Å². The summed E-state index contributed by atoms with van der Waals surface area (Å²) in [5.74, 6) is 1.75. The lowest BCUT2D eigenvalue weighted by molar-refractivity contribution is 0.171. The lowest BCUT2D eigenvalue weighted by Crippen LogP contribution is -2.29. The summed E-state index contributed by atoms with van der Waals surface area (Å²) < 4.78 is 11.1. The molecule has 0 atom stereocenters. The predicted molar refractivity (Wildman–Crippen MR) is 74.8 cm³/mol. The molecule has 0 saturated carbocycles. The van der Waals surface area contributed by atoms with Crippen LogP contribution >= 0.6 is 0 Å². The smallest absolute Gasteiger partial charge is 0.161 e. The van der Waals surface area contributed by atoms with Crippen molar-refractivity contribution in [1.29, 1.82) is 0 Å². The number of nitrogens with zero attached hydrogens (tertiary/aromatic N) is 1. The molecule has 1 aromatic rings. The molecule has 0 radical (unpaired) electrons. The molecular formula is C15H22N2O2. The minimum atomic E-state index is 0.652. The number of hydrogen-bond donors (Lipinski definition) is 1. The molecule has 4 heteroatoms. The van der Waals surface area contributed by atoms with E-state index in [1.807, 2.05) is 6.07 Å². The first-order valence-corrected chi connectivity index (χ1v) is 7.23. The van der Waals surface area contributed by atoms with Gasteiger partial charge in [-0.25, -0.2) is 0 Å². The molecule has 0 amide bonds. The number of rotatable bonds is 5. The quantitative estimate of drug-likeness (QED) is 0.818. The molecule has 1 aromatic carbocycles. The first-order valence-electron chi connectivity index (χ1n) is 7.23. The Morgan fingerprint density at radius 2 is 1.84 bits per heavy atom. The van der Waals surface area contributed by atoms with Crippen LogP contribution in [0.25, 0.3) is 0 Å². The number of benzene rings is 1. The van der Waals surface area contributed by atoms with Gasteiger partial charge in [-0.1, -0.05) is 6.07 Å². The highest BCUT2D eigenvalue weighted by Crippen LogP contribution is 2.30. The number of likely N-dealkylation sites (tertiary alicyclic amines) is 1. The molecule has 2 heterocycles. The van der Waals surface area contributed by atoms with Gasteiger partial charge in [-0.3, -0.25) is 0 Å². The molecule has 1 saturated heterocycles. The fourth-order valence-electron chi connectivity index (χ4n) is 2.67. The molecule has 2 aliphatic rings. The molecule has 19 heavy (non-hydrogen) atoms. The van der Waals surface area contributed by atoms with E-state index < -0.39 is 0 Å². The third kappa shape index (κ3) is 3.39. The monoisotopic (exact) mass is 262 g/mol. The van der Waals surface area contributed by atoms with E-state index in [-0.39, 0.29) is 0 Å². The van der Waals surface area contributed by atoms with E-state index in [2.05, 4.69) is 22.3 Å². The third-order valence-electron chi connectivity index (χ3n) is 3.74. The average molecular weight is 262 g/mol. The number of hydrogen-bond acceptors (Lipinski definition) is 4. The van der Waals surface area contributed by atoms with E-state index in [1.165, 1.54) is 31.5 Å². The second-order valence-corrected chi connectivity index (χ2v) is 5.20. The summed E-state index contributed by atoms with van der Waals surface area (Å²) in [6.07, 6.45) is 2.73. The van der Waals surface area contributed by atoms with Gasteiger partial charge in [0, 0.05) is 19.6 Å². The standard InChI is InChI=1S/C15H22N2O2/c1-2-7-17(6-1)8-5-16-12-13-3-4-14-15(11-13)19-10-9-18-14/h3-4,11,16H,1-2,5-10,12H2. The maximum Gasteiger partial charge on any atom is 0.161 e. The topological polar surface area (TPSA) is 33.7 Å². The van der Waals surface area contributed by atoms with Crippen LogP contribution in [0, 0.1) is 0 Å². The first-order chi connectivity index (χ1) is 9.42. The molecule has 3 rings (SSSR count). The normalized spacial score (nSPS) is 18.7. The zero-order valence-electron chi connectivity index (χ0n) is 11.4. The molecular weight excluding hydrogens is 240 g/mol. The molecule has 0 unspecified atom stereocenters. The van der Waals surface area contributed by atoms with Crippen molar-refractivity contribution < 1.29 is 9.47 Å². The Balaban J connectivity index is 1.44. The summed E-state index contributed by atoms with van der Waals surface area (Å²) in [4.78, 5) is 2.52. The van der Waals surface area contributed by atoms with Crippen LogP contribution < -0.4 is 14.8 Å². The highest BCUT2D eigenvalue weighted by molar-refractivity contribution is 5.43. The third-order valence-corrected chi connectivity index (χ3v) is 3.74. The summed E-state index contributed by atoms with van der Waals surface area (Å²) >= 11 is 0. The Kier molecular flexibility index (Phi) is 4.20. The van der Waals surface area contributed by atoms with E-state index in [1.54, 1.807) is 0 Å². The second-order valence-electron chi connectivity index (χ2n) is 5.20. The van der Waals surface area contributed by atoms with Crippen molar-refractivity contribution in [3.63, 3.8) is 0 Å². The van der Waals surface area contributed by atoms with Gasteiger partial charge < -0.3 is 19.7 Å². The maximum atomic E-state index is 5.59. The highest BCUT2D eigenvalue weighted by Gasteiger charge is 2.12. The summed E-state index contributed by atoms with van der Waals surface area (Å²) in [5, 5.41) is 3.50. The van der Waals surface area contributed by atoms with Crippen LogP contribution in [0.1, 0.15) is 18.4 Å². The van der Waals surface area contributed by atoms with Crippen LogP contribution in [0.5, 0.6) is 11.5 Å². The molecule has 104 valence electrons. The number of nitrogens with one attached hydrogen (secondary N) is 1. The second kappa shape index (κ2) is 6.26. The van der Waals surface area contributed by atoms with Gasteiger partial charge >= 0.3 is 0 Å². The molecule has 0 bridgehead atoms. The Morgan fingerprint density at radius 3 is 2.68 bits per heavy atom. The van der Waals surface area contributed by atoms with Gasteiger partial charge in [0.25, 0.3) is 0 Å². The van der Waals surface area contributed by atoms with Crippen LogP contribution in [0.2, 0.25) is 0 Å². The van der Waals surface area contributed by atoms with Gasteiger partial charge in [-0.05, 0) is 43.6 Å². The lowest BCUT2D eigenvalue weighted by atomic mass is 10.2. The molecule has 0 aromatic heterocycles. The largest absolute Gasteiger partial charge is 0.486 e. The fraction of sp³-hybridized carbons (Fsp3) is 0.600. The maximum absolute atomic E-state index is 5.59. The van der Waals surface area contributed by atoms with Crippen LogP contribution in [-0.4, -0.2) is 44.3 Å². The van der Waals surface area contributed by atoms with E-state index in [9.17, 15) is 0 Å². The van der Waals surface area contributed by atoms with Gasteiger partial charge in [0.1, 0.15) is 13.2 Å². The van der Waals surface area contributed by atoms with E-state index in [4.69, 9.17) is 9.47 Å².